The Balaban J connectivity index is 1.99. The molecule has 0 radical (unpaired) electrons. The Labute approximate surface area is 123 Å². The Morgan fingerprint density at radius 1 is 1.38 bits per heavy atom. The molecule has 1 aliphatic rings. The van der Waals surface area contributed by atoms with Crippen LogP contribution in [0.2, 0.25) is 0 Å². The lowest BCUT2D eigenvalue weighted by atomic mass is 10.1. The first-order chi connectivity index (χ1) is 10.2. The van der Waals surface area contributed by atoms with E-state index in [9.17, 15) is 4.79 Å². The summed E-state index contributed by atoms with van der Waals surface area (Å²) in [5.41, 5.74) is 1.85. The Bertz CT molecular complexity index is 663. The van der Waals surface area contributed by atoms with Crippen molar-refractivity contribution >= 4 is 5.97 Å². The van der Waals surface area contributed by atoms with Crippen LogP contribution in [0.5, 0.6) is 5.75 Å². The monoisotopic (exact) mass is 286 g/mol. The maximum Gasteiger partial charge on any atom is 0.328 e. The number of aryl methyl sites for hydroxylation is 1. The Hall–Kier alpha value is -2.30. The molecule has 5 nitrogen and oxygen atoms in total. The van der Waals surface area contributed by atoms with Crippen molar-refractivity contribution < 1.29 is 14.3 Å². The molecule has 2 heterocycles. The lowest BCUT2D eigenvalue weighted by Crippen LogP contribution is -2.25. The van der Waals surface area contributed by atoms with Gasteiger partial charge in [-0.05, 0) is 25.0 Å². The van der Waals surface area contributed by atoms with Gasteiger partial charge in [0.1, 0.15) is 17.6 Å². The minimum Gasteiger partial charge on any atom is -0.497 e. The third kappa shape index (κ3) is 2.51. The summed E-state index contributed by atoms with van der Waals surface area (Å²) in [7, 11) is 3.07. The van der Waals surface area contributed by atoms with E-state index in [1.54, 1.807) is 7.11 Å². The number of benzene rings is 1. The van der Waals surface area contributed by atoms with Gasteiger partial charge in [-0.3, -0.25) is 0 Å². The number of carbonyl (C=O) groups is 1. The molecule has 1 unspecified atom stereocenters. The molecule has 1 atom stereocenters. The Morgan fingerprint density at radius 2 is 2.24 bits per heavy atom. The van der Waals surface area contributed by atoms with E-state index in [2.05, 4.69) is 4.98 Å². The van der Waals surface area contributed by atoms with Gasteiger partial charge in [-0.1, -0.05) is 12.1 Å². The van der Waals surface area contributed by atoms with Crippen molar-refractivity contribution in [3.8, 4) is 17.0 Å². The van der Waals surface area contributed by atoms with Gasteiger partial charge in [-0.2, -0.15) is 0 Å². The summed E-state index contributed by atoms with van der Waals surface area (Å²) in [4.78, 5) is 16.5. The number of hydrogen-bond donors (Lipinski definition) is 0. The second kappa shape index (κ2) is 5.60. The zero-order chi connectivity index (χ0) is 14.8. The second-order valence-corrected chi connectivity index (χ2v) is 5.11. The fraction of sp³-hybridized carbons (Fsp3) is 0.375. The molecule has 0 spiro atoms. The molecule has 0 fully saturated rings. The summed E-state index contributed by atoms with van der Waals surface area (Å²) in [5.74, 6) is 1.53. The molecular weight excluding hydrogens is 268 g/mol. The maximum atomic E-state index is 11.9. The fourth-order valence-electron chi connectivity index (χ4n) is 2.77. The van der Waals surface area contributed by atoms with Gasteiger partial charge < -0.3 is 14.0 Å². The molecule has 1 aromatic heterocycles. The van der Waals surface area contributed by atoms with Crippen LogP contribution in [0.3, 0.4) is 0 Å². The number of aromatic nitrogens is 2. The summed E-state index contributed by atoms with van der Waals surface area (Å²) >= 11 is 0. The smallest absolute Gasteiger partial charge is 0.328 e. The number of methoxy groups -OCH3 is 2. The van der Waals surface area contributed by atoms with Crippen molar-refractivity contribution in [3.63, 3.8) is 0 Å². The lowest BCUT2D eigenvalue weighted by Gasteiger charge is -2.22. The van der Waals surface area contributed by atoms with Crippen molar-refractivity contribution in [3.05, 3.63) is 36.3 Å². The lowest BCUT2D eigenvalue weighted by molar-refractivity contribution is -0.145. The van der Waals surface area contributed by atoms with Crippen LogP contribution in [-0.2, 0) is 16.0 Å². The van der Waals surface area contributed by atoms with Crippen molar-refractivity contribution in [2.75, 3.05) is 14.2 Å². The van der Waals surface area contributed by atoms with E-state index >= 15 is 0 Å². The molecule has 0 aliphatic carbocycles. The highest BCUT2D eigenvalue weighted by Crippen LogP contribution is 2.30. The highest BCUT2D eigenvalue weighted by molar-refractivity contribution is 5.74. The topological polar surface area (TPSA) is 53.4 Å². The number of carbonyl (C=O) groups excluding carboxylic acids is 1. The molecular formula is C16H18N2O3. The molecule has 1 aromatic carbocycles. The number of ether oxygens (including phenoxy) is 2. The van der Waals surface area contributed by atoms with Gasteiger partial charge in [-0.15, -0.1) is 0 Å². The van der Waals surface area contributed by atoms with Crippen LogP contribution in [0, 0.1) is 0 Å². The van der Waals surface area contributed by atoms with E-state index in [0.717, 1.165) is 42.1 Å². The Morgan fingerprint density at radius 3 is 3.00 bits per heavy atom. The summed E-state index contributed by atoms with van der Waals surface area (Å²) in [6, 6.07) is 7.51. The molecule has 2 aromatic rings. The summed E-state index contributed by atoms with van der Waals surface area (Å²) in [5, 5.41) is 0. The van der Waals surface area contributed by atoms with Gasteiger partial charge >= 0.3 is 5.97 Å². The van der Waals surface area contributed by atoms with Gasteiger partial charge in [0.05, 0.1) is 19.9 Å². The molecule has 5 heteroatoms. The van der Waals surface area contributed by atoms with E-state index in [1.807, 2.05) is 35.0 Å². The van der Waals surface area contributed by atoms with Gasteiger partial charge in [0.2, 0.25) is 0 Å². The molecule has 1 aliphatic heterocycles. The van der Waals surface area contributed by atoms with E-state index in [4.69, 9.17) is 9.47 Å². The minimum atomic E-state index is -0.259. The third-order valence-electron chi connectivity index (χ3n) is 3.86. The largest absolute Gasteiger partial charge is 0.497 e. The maximum absolute atomic E-state index is 11.9. The van der Waals surface area contributed by atoms with Gasteiger partial charge in [0.15, 0.2) is 0 Å². The first kappa shape index (κ1) is 13.7. The molecule has 21 heavy (non-hydrogen) atoms. The SMILES string of the molecule is COC(=O)C1CCCc2nc(-c3cccc(OC)c3)cn21. The van der Waals surface area contributed by atoms with Crippen LogP contribution in [0.4, 0.5) is 0 Å². The average Bonchev–Trinajstić information content (AvgIpc) is 2.98. The summed E-state index contributed by atoms with van der Waals surface area (Å²) < 4.78 is 12.1. The summed E-state index contributed by atoms with van der Waals surface area (Å²) in [6.07, 6.45) is 4.57. The van der Waals surface area contributed by atoms with Crippen LogP contribution >= 0.6 is 0 Å². The van der Waals surface area contributed by atoms with Crippen molar-refractivity contribution in [2.24, 2.45) is 0 Å². The zero-order valence-electron chi connectivity index (χ0n) is 12.2. The highest BCUT2D eigenvalue weighted by atomic mass is 16.5. The summed E-state index contributed by atoms with van der Waals surface area (Å²) in [6.45, 7) is 0. The molecule has 0 bridgehead atoms. The van der Waals surface area contributed by atoms with Crippen LogP contribution in [0.1, 0.15) is 24.7 Å². The average molecular weight is 286 g/mol. The van der Waals surface area contributed by atoms with E-state index < -0.39 is 0 Å². The standard InChI is InChI=1S/C16H18N2O3/c1-20-12-6-3-5-11(9-12)13-10-18-14(16(19)21-2)7-4-8-15(18)17-13/h3,5-6,9-10,14H,4,7-8H2,1-2H3. The van der Waals surface area contributed by atoms with Crippen LogP contribution in [-0.4, -0.2) is 29.7 Å². The van der Waals surface area contributed by atoms with Crippen LogP contribution in [0.25, 0.3) is 11.3 Å². The molecule has 110 valence electrons. The number of fused-ring (bicyclic) bond motifs is 1. The van der Waals surface area contributed by atoms with Gasteiger partial charge in [0.25, 0.3) is 0 Å². The Kier molecular flexibility index (Phi) is 3.64. The molecule has 0 saturated carbocycles. The fourth-order valence-corrected chi connectivity index (χ4v) is 2.77. The normalized spacial score (nSPS) is 17.1. The number of hydrogen-bond acceptors (Lipinski definition) is 4. The zero-order valence-corrected chi connectivity index (χ0v) is 12.2. The van der Waals surface area contributed by atoms with Gasteiger partial charge in [0, 0.05) is 18.2 Å². The number of rotatable bonds is 3. The predicted molar refractivity (Wildman–Crippen MR) is 78.2 cm³/mol. The van der Waals surface area contributed by atoms with Gasteiger partial charge in [-0.25, -0.2) is 9.78 Å². The van der Waals surface area contributed by atoms with E-state index in [0.29, 0.717) is 0 Å². The molecule has 3 rings (SSSR count). The van der Waals surface area contributed by atoms with E-state index in [1.165, 1.54) is 7.11 Å². The second-order valence-electron chi connectivity index (χ2n) is 5.11. The van der Waals surface area contributed by atoms with Crippen LogP contribution in [0.15, 0.2) is 30.5 Å². The predicted octanol–water partition coefficient (Wildman–Crippen LogP) is 2.61. The quantitative estimate of drug-likeness (QED) is 0.814. The minimum absolute atomic E-state index is 0.203. The molecule has 0 N–H and O–H groups in total. The number of nitrogens with zero attached hydrogens (tertiary/aromatic N) is 2. The molecule has 0 amide bonds. The van der Waals surface area contributed by atoms with Crippen molar-refractivity contribution in [2.45, 2.75) is 25.3 Å². The third-order valence-corrected chi connectivity index (χ3v) is 3.86. The first-order valence-electron chi connectivity index (χ1n) is 7.03. The van der Waals surface area contributed by atoms with E-state index in [-0.39, 0.29) is 12.0 Å². The number of esters is 1. The van der Waals surface area contributed by atoms with Crippen LogP contribution < -0.4 is 4.74 Å². The van der Waals surface area contributed by atoms with Crippen molar-refractivity contribution in [1.29, 1.82) is 0 Å². The molecule has 0 saturated heterocycles. The number of imidazole rings is 1. The highest BCUT2D eigenvalue weighted by Gasteiger charge is 2.28. The van der Waals surface area contributed by atoms with Crippen molar-refractivity contribution in [1.82, 2.24) is 9.55 Å². The first-order valence-corrected chi connectivity index (χ1v) is 7.03.